The van der Waals surface area contributed by atoms with Crippen molar-refractivity contribution in [1.82, 2.24) is 0 Å². The van der Waals surface area contributed by atoms with Crippen molar-refractivity contribution in [3.05, 3.63) is 32.5 Å². The highest BCUT2D eigenvalue weighted by Crippen LogP contribution is 2.34. The van der Waals surface area contributed by atoms with Gasteiger partial charge in [0.05, 0.1) is 23.2 Å². The monoisotopic (exact) mass is 338 g/mol. The second-order valence-corrected chi connectivity index (χ2v) is 4.89. The van der Waals surface area contributed by atoms with E-state index in [2.05, 4.69) is 31.9 Å². The summed E-state index contributed by atoms with van der Waals surface area (Å²) in [5.74, 6) is -0.337. The molecule has 1 aliphatic heterocycles. The van der Waals surface area contributed by atoms with E-state index in [-0.39, 0.29) is 5.82 Å². The van der Waals surface area contributed by atoms with Crippen LogP contribution in [0.1, 0.15) is 18.3 Å². The SMILES string of the molecule is Fc1c(Br)ccc(Br)c1C1OCCCO1. The van der Waals surface area contributed by atoms with Gasteiger partial charge in [-0.3, -0.25) is 0 Å². The first-order chi connectivity index (χ1) is 7.20. The van der Waals surface area contributed by atoms with Crippen LogP contribution >= 0.6 is 31.9 Å². The van der Waals surface area contributed by atoms with Crippen molar-refractivity contribution in [3.63, 3.8) is 0 Å². The Kier molecular flexibility index (Phi) is 3.77. The van der Waals surface area contributed by atoms with Crippen LogP contribution in [0.4, 0.5) is 4.39 Å². The summed E-state index contributed by atoms with van der Waals surface area (Å²) >= 11 is 6.44. The van der Waals surface area contributed by atoms with Crippen LogP contribution in [0.15, 0.2) is 21.1 Å². The second-order valence-electron chi connectivity index (χ2n) is 3.18. The van der Waals surface area contributed by atoms with E-state index in [4.69, 9.17) is 9.47 Å². The van der Waals surface area contributed by atoms with Crippen molar-refractivity contribution in [2.75, 3.05) is 13.2 Å². The minimum absolute atomic E-state index is 0.337. The molecule has 0 aliphatic carbocycles. The molecule has 0 atom stereocenters. The summed E-state index contributed by atoms with van der Waals surface area (Å²) in [4.78, 5) is 0. The summed E-state index contributed by atoms with van der Waals surface area (Å²) in [5, 5.41) is 0. The smallest absolute Gasteiger partial charge is 0.187 e. The molecule has 1 heterocycles. The van der Waals surface area contributed by atoms with Gasteiger partial charge < -0.3 is 9.47 Å². The molecule has 1 aliphatic rings. The molecule has 5 heteroatoms. The lowest BCUT2D eigenvalue weighted by Crippen LogP contribution is -2.19. The summed E-state index contributed by atoms with van der Waals surface area (Å²) in [6, 6.07) is 3.41. The molecule has 1 aromatic carbocycles. The van der Waals surface area contributed by atoms with Gasteiger partial charge in [-0.1, -0.05) is 15.9 Å². The van der Waals surface area contributed by atoms with Crippen LogP contribution in [0.3, 0.4) is 0 Å². The Morgan fingerprint density at radius 1 is 1.13 bits per heavy atom. The van der Waals surface area contributed by atoms with Crippen molar-refractivity contribution in [2.24, 2.45) is 0 Å². The van der Waals surface area contributed by atoms with Crippen LogP contribution in [-0.4, -0.2) is 13.2 Å². The lowest BCUT2D eigenvalue weighted by molar-refractivity contribution is -0.184. The van der Waals surface area contributed by atoms with Crippen LogP contribution in [0, 0.1) is 5.82 Å². The number of hydrogen-bond acceptors (Lipinski definition) is 2. The molecule has 0 bridgehead atoms. The fourth-order valence-electron chi connectivity index (χ4n) is 1.41. The molecule has 82 valence electrons. The van der Waals surface area contributed by atoms with Gasteiger partial charge in [0.25, 0.3) is 0 Å². The molecule has 0 unspecified atom stereocenters. The van der Waals surface area contributed by atoms with Crippen LogP contribution in [0.25, 0.3) is 0 Å². The first-order valence-electron chi connectivity index (χ1n) is 4.57. The summed E-state index contributed by atoms with van der Waals surface area (Å²) < 4.78 is 25.6. The third-order valence-corrected chi connectivity index (χ3v) is 3.45. The Bertz CT molecular complexity index is 365. The van der Waals surface area contributed by atoms with E-state index in [0.29, 0.717) is 27.7 Å². The van der Waals surface area contributed by atoms with Gasteiger partial charge in [0.15, 0.2) is 6.29 Å². The number of hydrogen-bond donors (Lipinski definition) is 0. The zero-order chi connectivity index (χ0) is 10.8. The first-order valence-corrected chi connectivity index (χ1v) is 6.15. The van der Waals surface area contributed by atoms with E-state index in [1.807, 2.05) is 0 Å². The van der Waals surface area contributed by atoms with Gasteiger partial charge in [-0.25, -0.2) is 4.39 Å². The second kappa shape index (κ2) is 4.91. The van der Waals surface area contributed by atoms with Gasteiger partial charge in [-0.05, 0) is 34.5 Å². The molecular weight excluding hydrogens is 331 g/mol. The van der Waals surface area contributed by atoms with Crippen molar-refractivity contribution in [3.8, 4) is 0 Å². The van der Waals surface area contributed by atoms with Crippen molar-refractivity contribution < 1.29 is 13.9 Å². The minimum Gasteiger partial charge on any atom is -0.348 e. The molecule has 2 rings (SSSR count). The van der Waals surface area contributed by atoms with Gasteiger partial charge in [-0.2, -0.15) is 0 Å². The number of benzene rings is 1. The Morgan fingerprint density at radius 3 is 2.40 bits per heavy atom. The van der Waals surface area contributed by atoms with E-state index in [1.165, 1.54) is 0 Å². The van der Waals surface area contributed by atoms with E-state index in [1.54, 1.807) is 12.1 Å². The molecule has 0 N–H and O–H groups in total. The fraction of sp³-hybridized carbons (Fsp3) is 0.400. The van der Waals surface area contributed by atoms with E-state index >= 15 is 0 Å². The van der Waals surface area contributed by atoms with Crippen LogP contribution in [-0.2, 0) is 9.47 Å². The van der Waals surface area contributed by atoms with Gasteiger partial charge in [-0.15, -0.1) is 0 Å². The summed E-state index contributed by atoms with van der Waals surface area (Å²) in [7, 11) is 0. The zero-order valence-corrected chi connectivity index (χ0v) is 11.0. The number of halogens is 3. The molecule has 0 saturated carbocycles. The maximum atomic E-state index is 13.8. The van der Waals surface area contributed by atoms with Gasteiger partial charge in [0.2, 0.25) is 0 Å². The third kappa shape index (κ3) is 2.41. The minimum atomic E-state index is -0.606. The molecular formula is C10H9Br2FO2. The first kappa shape index (κ1) is 11.5. The highest BCUT2D eigenvalue weighted by atomic mass is 79.9. The van der Waals surface area contributed by atoms with E-state index in [9.17, 15) is 4.39 Å². The molecule has 0 spiro atoms. The number of ether oxygens (including phenoxy) is 2. The van der Waals surface area contributed by atoms with Gasteiger partial charge in [0.1, 0.15) is 5.82 Å². The standard InChI is InChI=1S/C10H9Br2FO2/c11-6-2-3-7(12)9(13)8(6)10-14-4-1-5-15-10/h2-3,10H,1,4-5H2. The largest absolute Gasteiger partial charge is 0.348 e. The van der Waals surface area contributed by atoms with E-state index in [0.717, 1.165) is 6.42 Å². The number of rotatable bonds is 1. The van der Waals surface area contributed by atoms with Gasteiger partial charge in [0, 0.05) is 4.47 Å². The summed E-state index contributed by atoms with van der Waals surface area (Å²) in [6.07, 6.45) is 0.245. The van der Waals surface area contributed by atoms with E-state index < -0.39 is 6.29 Å². The topological polar surface area (TPSA) is 18.5 Å². The highest BCUT2D eigenvalue weighted by Gasteiger charge is 2.24. The summed E-state index contributed by atoms with van der Waals surface area (Å²) in [5.41, 5.74) is 0.420. The Balaban J connectivity index is 2.36. The predicted molar refractivity (Wildman–Crippen MR) is 61.1 cm³/mol. The average Bonchev–Trinajstić information content (AvgIpc) is 2.26. The third-order valence-electron chi connectivity index (χ3n) is 2.14. The lowest BCUT2D eigenvalue weighted by atomic mass is 10.2. The molecule has 1 saturated heterocycles. The van der Waals surface area contributed by atoms with Crippen molar-refractivity contribution in [2.45, 2.75) is 12.7 Å². The molecule has 0 radical (unpaired) electrons. The predicted octanol–water partition coefficient (Wildman–Crippen LogP) is 3.79. The highest BCUT2D eigenvalue weighted by molar-refractivity contribution is 9.11. The fourth-order valence-corrected chi connectivity index (χ4v) is 2.25. The maximum Gasteiger partial charge on any atom is 0.187 e. The maximum absolute atomic E-state index is 13.8. The van der Waals surface area contributed by atoms with Crippen LogP contribution in [0.5, 0.6) is 0 Å². The Hall–Kier alpha value is 0.0300. The molecule has 1 fully saturated rings. The molecule has 15 heavy (non-hydrogen) atoms. The molecule has 0 aromatic heterocycles. The lowest BCUT2D eigenvalue weighted by Gasteiger charge is -2.24. The van der Waals surface area contributed by atoms with Crippen molar-refractivity contribution >= 4 is 31.9 Å². The molecule has 1 aromatic rings. The normalized spacial score (nSPS) is 18.1. The zero-order valence-electron chi connectivity index (χ0n) is 7.80. The Labute approximate surface area is 104 Å². The summed E-state index contributed by atoms with van der Waals surface area (Å²) in [6.45, 7) is 1.20. The quantitative estimate of drug-likeness (QED) is 0.725. The van der Waals surface area contributed by atoms with Crippen LogP contribution in [0.2, 0.25) is 0 Å². The van der Waals surface area contributed by atoms with Crippen LogP contribution < -0.4 is 0 Å². The average molecular weight is 340 g/mol. The Morgan fingerprint density at radius 2 is 1.73 bits per heavy atom. The molecule has 0 amide bonds. The van der Waals surface area contributed by atoms with Gasteiger partial charge >= 0.3 is 0 Å². The van der Waals surface area contributed by atoms with Crippen molar-refractivity contribution in [1.29, 1.82) is 0 Å². The molecule has 2 nitrogen and oxygen atoms in total.